The Morgan fingerprint density at radius 3 is 2.62 bits per heavy atom. The second kappa shape index (κ2) is 8.60. The highest BCUT2D eigenvalue weighted by molar-refractivity contribution is 5.59. The van der Waals surface area contributed by atoms with Crippen molar-refractivity contribution in [1.29, 1.82) is 5.26 Å². The first-order valence-electron chi connectivity index (χ1n) is 10.4. The van der Waals surface area contributed by atoms with Gasteiger partial charge in [-0.05, 0) is 57.0 Å². The molecular weight excluding hydrogens is 398 g/mol. The number of rotatable bonds is 6. The number of aromatic nitrogens is 5. The van der Waals surface area contributed by atoms with E-state index >= 15 is 0 Å². The number of hydrogen-bond donors (Lipinski definition) is 1. The van der Waals surface area contributed by atoms with Gasteiger partial charge in [0.15, 0.2) is 5.82 Å². The molecule has 0 aliphatic carbocycles. The summed E-state index contributed by atoms with van der Waals surface area (Å²) in [7, 11) is 0. The van der Waals surface area contributed by atoms with Crippen molar-refractivity contribution in [3.63, 3.8) is 0 Å². The van der Waals surface area contributed by atoms with Crippen LogP contribution in [0.4, 0.5) is 11.6 Å². The van der Waals surface area contributed by atoms with Crippen LogP contribution in [0.15, 0.2) is 60.9 Å². The fourth-order valence-electron chi connectivity index (χ4n) is 3.39. The summed E-state index contributed by atoms with van der Waals surface area (Å²) in [5, 5.41) is 17.5. The summed E-state index contributed by atoms with van der Waals surface area (Å²) in [5.41, 5.74) is 3.46. The molecule has 1 N–H and O–H groups in total. The molecule has 0 fully saturated rings. The second-order valence-corrected chi connectivity index (χ2v) is 8.26. The molecule has 0 atom stereocenters. The van der Waals surface area contributed by atoms with Gasteiger partial charge in [-0.25, -0.2) is 15.0 Å². The average molecular weight is 424 g/mol. The minimum absolute atomic E-state index is 0.542. The van der Waals surface area contributed by atoms with Gasteiger partial charge in [0.1, 0.15) is 17.5 Å². The Morgan fingerprint density at radius 2 is 1.88 bits per heavy atom. The molecule has 4 rings (SSSR count). The van der Waals surface area contributed by atoms with E-state index in [0.717, 1.165) is 34.0 Å². The Hall–Kier alpha value is -4.05. The van der Waals surface area contributed by atoms with Crippen molar-refractivity contribution in [1.82, 2.24) is 24.7 Å². The monoisotopic (exact) mass is 423 g/mol. The van der Waals surface area contributed by atoms with Crippen molar-refractivity contribution in [2.45, 2.75) is 39.5 Å². The van der Waals surface area contributed by atoms with E-state index < -0.39 is 5.41 Å². The first-order chi connectivity index (χ1) is 15.4. The van der Waals surface area contributed by atoms with Gasteiger partial charge in [0.05, 0.1) is 17.2 Å². The predicted molar refractivity (Wildman–Crippen MR) is 124 cm³/mol. The van der Waals surface area contributed by atoms with Crippen molar-refractivity contribution in [3.05, 3.63) is 89.1 Å². The highest BCUT2D eigenvalue weighted by atomic mass is 15.4. The zero-order valence-electron chi connectivity index (χ0n) is 18.7. The number of anilines is 2. The molecule has 0 spiro atoms. The molecule has 0 bridgehead atoms. The van der Waals surface area contributed by atoms with E-state index in [-0.39, 0.29) is 0 Å². The van der Waals surface area contributed by atoms with Gasteiger partial charge >= 0.3 is 0 Å². The molecule has 160 valence electrons. The summed E-state index contributed by atoms with van der Waals surface area (Å²) in [4.78, 5) is 13.6. The largest absolute Gasteiger partial charge is 0.324 e. The molecule has 3 aromatic heterocycles. The predicted octanol–water partition coefficient (Wildman–Crippen LogP) is 4.81. The first kappa shape index (κ1) is 21.2. The van der Waals surface area contributed by atoms with Gasteiger partial charge in [0.2, 0.25) is 0 Å². The van der Waals surface area contributed by atoms with Crippen LogP contribution in [0.1, 0.15) is 42.1 Å². The lowest BCUT2D eigenvalue weighted by atomic mass is 9.85. The van der Waals surface area contributed by atoms with Crippen LogP contribution in [0, 0.1) is 25.2 Å². The number of nitrogens with zero attached hydrogens (tertiary/aromatic N) is 6. The van der Waals surface area contributed by atoms with Crippen LogP contribution in [0.5, 0.6) is 0 Å². The lowest BCUT2D eigenvalue weighted by Gasteiger charge is -2.16. The van der Waals surface area contributed by atoms with E-state index in [2.05, 4.69) is 32.5 Å². The number of nitrogens with one attached hydrogen (secondary N) is 1. The fraction of sp³-hybridized carbons (Fsp3) is 0.240. The van der Waals surface area contributed by atoms with Crippen LogP contribution in [0.3, 0.4) is 0 Å². The van der Waals surface area contributed by atoms with Crippen molar-refractivity contribution in [2.24, 2.45) is 0 Å². The van der Waals surface area contributed by atoms with E-state index in [1.165, 1.54) is 0 Å². The highest BCUT2D eigenvalue weighted by Crippen LogP contribution is 2.26. The Kier molecular flexibility index (Phi) is 5.69. The van der Waals surface area contributed by atoms with Gasteiger partial charge in [-0.1, -0.05) is 30.3 Å². The number of nitriles is 1. The summed E-state index contributed by atoms with van der Waals surface area (Å²) in [6.07, 6.45) is 4.07. The zero-order valence-corrected chi connectivity index (χ0v) is 18.7. The third kappa shape index (κ3) is 4.35. The normalized spacial score (nSPS) is 11.2. The van der Waals surface area contributed by atoms with Crippen molar-refractivity contribution < 1.29 is 0 Å². The minimum atomic E-state index is -0.542. The maximum Gasteiger partial charge on any atom is 0.155 e. The molecule has 0 aliphatic heterocycles. The fourth-order valence-corrected chi connectivity index (χ4v) is 3.39. The molecule has 3 heterocycles. The van der Waals surface area contributed by atoms with Crippen LogP contribution in [-0.2, 0) is 11.8 Å². The van der Waals surface area contributed by atoms with E-state index in [9.17, 15) is 5.26 Å². The molecule has 0 saturated carbocycles. The Balaban J connectivity index is 1.61. The zero-order chi connectivity index (χ0) is 22.7. The standard InChI is InChI=1S/C25H25N7/c1-17-18(2)31-32(23-10-5-6-12-28-23)24(17)30-21-11-13-27-22(29-21)15-19-8-7-9-20(14-19)25(3,4)16-26/h5-14H,15H2,1-4H3,(H,27,29,30). The van der Waals surface area contributed by atoms with Gasteiger partial charge in [-0.3, -0.25) is 0 Å². The van der Waals surface area contributed by atoms with Crippen LogP contribution in [0.2, 0.25) is 0 Å². The van der Waals surface area contributed by atoms with Crippen molar-refractivity contribution >= 4 is 11.6 Å². The molecule has 4 aromatic rings. The third-order valence-corrected chi connectivity index (χ3v) is 5.47. The molecule has 0 unspecified atom stereocenters. The average Bonchev–Trinajstić information content (AvgIpc) is 3.08. The van der Waals surface area contributed by atoms with E-state index in [4.69, 9.17) is 4.98 Å². The van der Waals surface area contributed by atoms with Gasteiger partial charge in [-0.15, -0.1) is 0 Å². The molecule has 0 radical (unpaired) electrons. The van der Waals surface area contributed by atoms with Gasteiger partial charge in [-0.2, -0.15) is 15.0 Å². The molecule has 0 aliphatic rings. The molecule has 1 aromatic carbocycles. The smallest absolute Gasteiger partial charge is 0.155 e. The maximum atomic E-state index is 9.44. The Bertz CT molecular complexity index is 1280. The summed E-state index contributed by atoms with van der Waals surface area (Å²) >= 11 is 0. The SMILES string of the molecule is Cc1nn(-c2ccccn2)c(Nc2ccnc(Cc3cccc(C(C)(C)C#N)c3)n2)c1C. The van der Waals surface area contributed by atoms with E-state index in [1.807, 2.05) is 70.2 Å². The Labute approximate surface area is 187 Å². The number of hydrogen-bond acceptors (Lipinski definition) is 6. The molecule has 7 heteroatoms. The van der Waals surface area contributed by atoms with E-state index in [1.54, 1.807) is 17.1 Å². The molecule has 32 heavy (non-hydrogen) atoms. The van der Waals surface area contributed by atoms with Crippen LogP contribution >= 0.6 is 0 Å². The topological polar surface area (TPSA) is 92.3 Å². The quantitative estimate of drug-likeness (QED) is 0.478. The second-order valence-electron chi connectivity index (χ2n) is 8.26. The minimum Gasteiger partial charge on any atom is -0.324 e. The van der Waals surface area contributed by atoms with Gasteiger partial charge in [0.25, 0.3) is 0 Å². The number of pyridine rings is 1. The molecular formula is C25H25N7. The molecule has 7 nitrogen and oxygen atoms in total. The molecule has 0 saturated heterocycles. The number of benzene rings is 1. The Morgan fingerprint density at radius 1 is 1.03 bits per heavy atom. The summed E-state index contributed by atoms with van der Waals surface area (Å²) in [6, 6.07) is 18.0. The van der Waals surface area contributed by atoms with Crippen LogP contribution in [0.25, 0.3) is 5.82 Å². The summed E-state index contributed by atoms with van der Waals surface area (Å²) in [5.74, 6) is 2.94. The van der Waals surface area contributed by atoms with Crippen molar-refractivity contribution in [3.8, 4) is 11.9 Å². The first-order valence-corrected chi connectivity index (χ1v) is 10.4. The lowest BCUT2D eigenvalue weighted by Crippen LogP contribution is -2.14. The van der Waals surface area contributed by atoms with Gasteiger partial charge < -0.3 is 5.32 Å². The molecule has 0 amide bonds. The third-order valence-electron chi connectivity index (χ3n) is 5.47. The van der Waals surface area contributed by atoms with Gasteiger partial charge in [0, 0.05) is 24.4 Å². The lowest BCUT2D eigenvalue weighted by molar-refractivity contribution is 0.685. The summed E-state index contributed by atoms with van der Waals surface area (Å²) < 4.78 is 1.79. The summed E-state index contributed by atoms with van der Waals surface area (Å²) in [6.45, 7) is 7.83. The maximum absolute atomic E-state index is 9.44. The van der Waals surface area contributed by atoms with Crippen LogP contribution in [-0.4, -0.2) is 24.7 Å². The van der Waals surface area contributed by atoms with Crippen LogP contribution < -0.4 is 5.32 Å². The highest BCUT2D eigenvalue weighted by Gasteiger charge is 2.20. The number of aryl methyl sites for hydroxylation is 1. The van der Waals surface area contributed by atoms with E-state index in [0.29, 0.717) is 18.1 Å². The van der Waals surface area contributed by atoms with Crippen molar-refractivity contribution in [2.75, 3.05) is 5.32 Å².